The molecule has 1 aliphatic rings. The number of hydrogen-bond donors (Lipinski definition) is 1. The number of rotatable bonds is 4. The van der Waals surface area contributed by atoms with E-state index < -0.39 is 11.7 Å². The van der Waals surface area contributed by atoms with Crippen LogP contribution in [0.25, 0.3) is 0 Å². The summed E-state index contributed by atoms with van der Waals surface area (Å²) in [4.78, 5) is 14.3. The lowest BCUT2D eigenvalue weighted by molar-refractivity contribution is -0.143. The van der Waals surface area contributed by atoms with Gasteiger partial charge in [0.1, 0.15) is 5.75 Å². The van der Waals surface area contributed by atoms with Gasteiger partial charge in [0, 0.05) is 11.6 Å². The molecule has 1 fully saturated rings. The van der Waals surface area contributed by atoms with Crippen LogP contribution >= 0.6 is 11.6 Å². The average Bonchev–Trinajstić information content (AvgIpc) is 2.89. The zero-order chi connectivity index (χ0) is 15.6. The topological polar surface area (TPSA) is 49.8 Å². The molecule has 116 valence electrons. The number of halogens is 1. The molecule has 2 rings (SSSR count). The summed E-state index contributed by atoms with van der Waals surface area (Å²) in [6, 6.07) is 6.78. The number of carbonyl (C=O) groups is 1. The fraction of sp³-hybridized carbons (Fsp3) is 0.562. The lowest BCUT2D eigenvalue weighted by Gasteiger charge is -2.35. The highest BCUT2D eigenvalue weighted by molar-refractivity contribution is 6.30. The molecule has 1 amide bonds. The van der Waals surface area contributed by atoms with Crippen molar-refractivity contribution in [1.82, 2.24) is 4.90 Å². The van der Waals surface area contributed by atoms with Gasteiger partial charge in [-0.25, -0.2) is 0 Å². The second kappa shape index (κ2) is 6.24. The Morgan fingerprint density at radius 3 is 2.62 bits per heavy atom. The van der Waals surface area contributed by atoms with E-state index in [2.05, 4.69) is 0 Å². The quantitative estimate of drug-likeness (QED) is 0.930. The van der Waals surface area contributed by atoms with Gasteiger partial charge in [0.2, 0.25) is 0 Å². The van der Waals surface area contributed by atoms with Gasteiger partial charge in [0.15, 0.2) is 6.10 Å². The Labute approximate surface area is 130 Å². The van der Waals surface area contributed by atoms with E-state index in [0.29, 0.717) is 17.3 Å². The summed E-state index contributed by atoms with van der Waals surface area (Å²) in [7, 11) is 0. The number of aliphatic hydroxyl groups is 1. The largest absolute Gasteiger partial charge is 0.481 e. The van der Waals surface area contributed by atoms with Crippen LogP contribution in [0.4, 0.5) is 0 Å². The van der Waals surface area contributed by atoms with E-state index in [9.17, 15) is 9.90 Å². The zero-order valence-corrected chi connectivity index (χ0v) is 13.4. The maximum Gasteiger partial charge on any atom is 0.263 e. The fourth-order valence-electron chi connectivity index (χ4n) is 2.77. The Kier molecular flexibility index (Phi) is 4.79. The maximum atomic E-state index is 12.5. The molecule has 2 atom stereocenters. The van der Waals surface area contributed by atoms with E-state index in [4.69, 9.17) is 16.3 Å². The highest BCUT2D eigenvalue weighted by Gasteiger charge is 2.40. The van der Waals surface area contributed by atoms with E-state index in [1.54, 1.807) is 49.9 Å². The molecule has 4 nitrogen and oxygen atoms in total. The van der Waals surface area contributed by atoms with Gasteiger partial charge < -0.3 is 14.7 Å². The van der Waals surface area contributed by atoms with Crippen molar-refractivity contribution >= 4 is 17.5 Å². The average molecular weight is 312 g/mol. The Morgan fingerprint density at radius 2 is 2.05 bits per heavy atom. The summed E-state index contributed by atoms with van der Waals surface area (Å²) in [5, 5.41) is 10.8. The maximum absolute atomic E-state index is 12.5. The van der Waals surface area contributed by atoms with Crippen LogP contribution in [0, 0.1) is 0 Å². The summed E-state index contributed by atoms with van der Waals surface area (Å²) in [6.07, 6.45) is 1.14. The monoisotopic (exact) mass is 311 g/mol. The third kappa shape index (κ3) is 3.89. The van der Waals surface area contributed by atoms with Crippen LogP contribution in [0.15, 0.2) is 24.3 Å². The first-order valence-corrected chi connectivity index (χ1v) is 7.62. The number of nitrogens with zero attached hydrogens (tertiary/aromatic N) is 1. The highest BCUT2D eigenvalue weighted by Crippen LogP contribution is 2.28. The molecule has 21 heavy (non-hydrogen) atoms. The Balaban J connectivity index is 2.03. The second-order valence-electron chi connectivity index (χ2n) is 6.06. The predicted molar refractivity (Wildman–Crippen MR) is 82.6 cm³/mol. The molecule has 1 aromatic carbocycles. The van der Waals surface area contributed by atoms with Crippen molar-refractivity contribution in [2.75, 3.05) is 6.54 Å². The standard InChI is InChI=1S/C16H22ClNO3/c1-11(21-13-8-6-12(17)7-9-13)15(19)18-10-4-5-14(18)16(2,3)20/h6-9,11,14,20H,4-5,10H2,1-3H3. The molecule has 0 radical (unpaired) electrons. The van der Waals surface area contributed by atoms with Crippen LogP contribution in [0.1, 0.15) is 33.6 Å². The fourth-order valence-corrected chi connectivity index (χ4v) is 2.89. The summed E-state index contributed by atoms with van der Waals surface area (Å²) >= 11 is 5.83. The van der Waals surface area contributed by atoms with Crippen molar-refractivity contribution in [3.05, 3.63) is 29.3 Å². The molecule has 1 saturated heterocycles. The van der Waals surface area contributed by atoms with Crippen molar-refractivity contribution in [1.29, 1.82) is 0 Å². The third-order valence-corrected chi connectivity index (χ3v) is 4.08. The van der Waals surface area contributed by atoms with Gasteiger partial charge in [-0.2, -0.15) is 0 Å². The van der Waals surface area contributed by atoms with Crippen molar-refractivity contribution < 1.29 is 14.6 Å². The van der Waals surface area contributed by atoms with E-state index >= 15 is 0 Å². The summed E-state index contributed by atoms with van der Waals surface area (Å²) in [5.41, 5.74) is -0.897. The minimum atomic E-state index is -0.897. The van der Waals surface area contributed by atoms with E-state index in [1.165, 1.54) is 0 Å². The lowest BCUT2D eigenvalue weighted by Crippen LogP contribution is -2.51. The lowest BCUT2D eigenvalue weighted by atomic mass is 9.96. The van der Waals surface area contributed by atoms with Gasteiger partial charge in [-0.1, -0.05) is 11.6 Å². The van der Waals surface area contributed by atoms with Gasteiger partial charge in [0.25, 0.3) is 5.91 Å². The molecule has 0 bridgehead atoms. The minimum Gasteiger partial charge on any atom is -0.481 e. The number of ether oxygens (including phenoxy) is 1. The van der Waals surface area contributed by atoms with Crippen molar-refractivity contribution in [3.8, 4) is 5.75 Å². The molecule has 0 spiro atoms. The van der Waals surface area contributed by atoms with Crippen molar-refractivity contribution in [2.45, 2.75) is 51.4 Å². The molecule has 1 N–H and O–H groups in total. The van der Waals surface area contributed by atoms with Gasteiger partial charge in [-0.15, -0.1) is 0 Å². The van der Waals surface area contributed by atoms with E-state index in [0.717, 1.165) is 12.8 Å². The molecule has 2 unspecified atom stereocenters. The summed E-state index contributed by atoms with van der Waals surface area (Å²) < 4.78 is 5.67. The molecule has 0 saturated carbocycles. The van der Waals surface area contributed by atoms with Crippen LogP contribution < -0.4 is 4.74 Å². The molecule has 1 heterocycles. The van der Waals surface area contributed by atoms with Crippen LogP contribution in [-0.2, 0) is 4.79 Å². The van der Waals surface area contributed by atoms with Crippen LogP contribution in [0.3, 0.4) is 0 Å². The highest BCUT2D eigenvalue weighted by atomic mass is 35.5. The number of hydrogen-bond acceptors (Lipinski definition) is 3. The molecule has 1 aromatic rings. The Morgan fingerprint density at radius 1 is 1.43 bits per heavy atom. The first kappa shape index (κ1) is 16.1. The predicted octanol–water partition coefficient (Wildman–Crippen LogP) is 2.87. The van der Waals surface area contributed by atoms with Crippen LogP contribution in [0.2, 0.25) is 5.02 Å². The Hall–Kier alpha value is -1.26. The minimum absolute atomic E-state index is 0.0884. The van der Waals surface area contributed by atoms with E-state index in [1.807, 2.05) is 0 Å². The van der Waals surface area contributed by atoms with Crippen LogP contribution in [-0.4, -0.2) is 40.2 Å². The molecular formula is C16H22ClNO3. The van der Waals surface area contributed by atoms with Crippen molar-refractivity contribution in [3.63, 3.8) is 0 Å². The molecule has 1 aliphatic heterocycles. The second-order valence-corrected chi connectivity index (χ2v) is 6.49. The summed E-state index contributed by atoms with van der Waals surface area (Å²) in [6.45, 7) is 5.89. The number of benzene rings is 1. The van der Waals surface area contributed by atoms with Gasteiger partial charge in [0.05, 0.1) is 11.6 Å². The number of amides is 1. The molecular weight excluding hydrogens is 290 g/mol. The first-order chi connectivity index (χ1) is 9.79. The molecule has 0 aliphatic carbocycles. The third-order valence-electron chi connectivity index (χ3n) is 3.83. The van der Waals surface area contributed by atoms with Gasteiger partial charge in [-0.3, -0.25) is 4.79 Å². The van der Waals surface area contributed by atoms with E-state index in [-0.39, 0.29) is 11.9 Å². The first-order valence-electron chi connectivity index (χ1n) is 7.24. The SMILES string of the molecule is CC(Oc1ccc(Cl)cc1)C(=O)N1CCCC1C(C)(C)O. The zero-order valence-electron chi connectivity index (χ0n) is 12.7. The smallest absolute Gasteiger partial charge is 0.263 e. The van der Waals surface area contributed by atoms with Gasteiger partial charge in [-0.05, 0) is 57.9 Å². The number of carbonyl (C=O) groups excluding carboxylic acids is 1. The van der Waals surface area contributed by atoms with Crippen molar-refractivity contribution in [2.24, 2.45) is 0 Å². The van der Waals surface area contributed by atoms with Gasteiger partial charge >= 0.3 is 0 Å². The number of likely N-dealkylation sites (tertiary alicyclic amines) is 1. The molecule has 5 heteroatoms. The Bertz CT molecular complexity index is 495. The normalized spacial score (nSPS) is 20.4. The summed E-state index contributed by atoms with van der Waals surface area (Å²) in [5.74, 6) is 0.522. The molecule has 0 aromatic heterocycles. The van der Waals surface area contributed by atoms with Crippen LogP contribution in [0.5, 0.6) is 5.75 Å².